The van der Waals surface area contributed by atoms with Crippen LogP contribution in [0.15, 0.2) is 54.6 Å². The monoisotopic (exact) mass is 280 g/mol. The molecule has 0 aliphatic rings. The summed E-state index contributed by atoms with van der Waals surface area (Å²) in [5.41, 5.74) is 1.10. The Labute approximate surface area is 124 Å². The lowest BCUT2D eigenvalue weighted by atomic mass is 10.2. The van der Waals surface area contributed by atoms with E-state index in [4.69, 9.17) is 10.00 Å². The molecule has 2 aromatic carbocycles. The van der Waals surface area contributed by atoms with Crippen molar-refractivity contribution in [3.8, 4) is 11.8 Å². The topological polar surface area (TPSA) is 62.1 Å². The molecule has 0 saturated carbocycles. The second-order valence-corrected chi connectivity index (χ2v) is 4.51. The highest BCUT2D eigenvalue weighted by Gasteiger charge is 2.18. The van der Waals surface area contributed by atoms with Crippen LogP contribution in [0.4, 0.5) is 5.69 Å². The van der Waals surface area contributed by atoms with Gasteiger partial charge in [0, 0.05) is 5.69 Å². The van der Waals surface area contributed by atoms with E-state index < -0.39 is 6.10 Å². The van der Waals surface area contributed by atoms with Crippen LogP contribution in [0.5, 0.6) is 5.75 Å². The van der Waals surface area contributed by atoms with E-state index in [9.17, 15) is 4.79 Å². The Kier molecular flexibility index (Phi) is 4.94. The summed E-state index contributed by atoms with van der Waals surface area (Å²) in [6.07, 6.45) is -0.0169. The van der Waals surface area contributed by atoms with Gasteiger partial charge in [0.15, 0.2) is 6.10 Å². The van der Waals surface area contributed by atoms with Crippen LogP contribution in [-0.4, -0.2) is 12.0 Å². The van der Waals surface area contributed by atoms with Crippen molar-refractivity contribution in [2.24, 2.45) is 0 Å². The molecule has 1 N–H and O–H groups in total. The van der Waals surface area contributed by atoms with E-state index in [-0.39, 0.29) is 5.91 Å². The van der Waals surface area contributed by atoms with Gasteiger partial charge in [-0.3, -0.25) is 4.79 Å². The average Bonchev–Trinajstić information content (AvgIpc) is 2.53. The number of carbonyl (C=O) groups excluding carboxylic acids is 1. The van der Waals surface area contributed by atoms with Gasteiger partial charge >= 0.3 is 0 Å². The minimum absolute atomic E-state index is 0.226. The van der Waals surface area contributed by atoms with Crippen molar-refractivity contribution in [2.75, 3.05) is 5.32 Å². The lowest BCUT2D eigenvalue weighted by Crippen LogP contribution is -2.32. The van der Waals surface area contributed by atoms with Crippen LogP contribution in [0.25, 0.3) is 0 Å². The Hall–Kier alpha value is -2.80. The Morgan fingerprint density at radius 1 is 1.24 bits per heavy atom. The fourth-order valence-electron chi connectivity index (χ4n) is 1.87. The van der Waals surface area contributed by atoms with Crippen LogP contribution < -0.4 is 10.1 Å². The molecule has 21 heavy (non-hydrogen) atoms. The van der Waals surface area contributed by atoms with Gasteiger partial charge in [-0.15, -0.1) is 0 Å². The third-order valence-electron chi connectivity index (χ3n) is 2.94. The highest BCUT2D eigenvalue weighted by molar-refractivity contribution is 5.94. The summed E-state index contributed by atoms with van der Waals surface area (Å²) in [7, 11) is 0. The molecule has 0 aromatic heterocycles. The summed E-state index contributed by atoms with van der Waals surface area (Å²) in [4.78, 5) is 12.2. The van der Waals surface area contributed by atoms with E-state index >= 15 is 0 Å². The highest BCUT2D eigenvalue weighted by atomic mass is 16.5. The zero-order valence-corrected chi connectivity index (χ0v) is 11.7. The van der Waals surface area contributed by atoms with E-state index in [0.717, 1.165) is 0 Å². The van der Waals surface area contributed by atoms with Gasteiger partial charge in [0.1, 0.15) is 5.75 Å². The Bertz CT molecular complexity index is 647. The van der Waals surface area contributed by atoms with Crippen molar-refractivity contribution in [3.63, 3.8) is 0 Å². The molecule has 4 heteroatoms. The molecule has 106 valence electrons. The Balaban J connectivity index is 2.05. The summed E-state index contributed by atoms with van der Waals surface area (Å²) in [5, 5.41) is 11.6. The predicted molar refractivity (Wildman–Crippen MR) is 80.9 cm³/mol. The van der Waals surface area contributed by atoms with Crippen LogP contribution in [-0.2, 0) is 4.79 Å². The highest BCUT2D eigenvalue weighted by Crippen LogP contribution is 2.15. The number of nitrogens with one attached hydrogen (secondary N) is 1. The first-order valence-electron chi connectivity index (χ1n) is 6.75. The Morgan fingerprint density at radius 3 is 2.67 bits per heavy atom. The van der Waals surface area contributed by atoms with Gasteiger partial charge in [0.25, 0.3) is 5.91 Å². The van der Waals surface area contributed by atoms with Gasteiger partial charge in [-0.2, -0.15) is 5.26 Å². The summed E-state index contributed by atoms with van der Waals surface area (Å²) in [6, 6.07) is 18.1. The zero-order valence-electron chi connectivity index (χ0n) is 11.7. The number of benzene rings is 2. The quantitative estimate of drug-likeness (QED) is 0.913. The zero-order chi connectivity index (χ0) is 15.1. The molecular formula is C17H16N2O2. The number of hydrogen-bond donors (Lipinski definition) is 1. The number of para-hydroxylation sites is 1. The van der Waals surface area contributed by atoms with Crippen molar-refractivity contribution in [1.29, 1.82) is 5.26 Å². The summed E-state index contributed by atoms with van der Waals surface area (Å²) >= 11 is 0. The summed E-state index contributed by atoms with van der Waals surface area (Å²) in [5.74, 6) is 0.432. The second kappa shape index (κ2) is 7.11. The maximum atomic E-state index is 12.2. The molecule has 0 fully saturated rings. The van der Waals surface area contributed by atoms with Crippen molar-refractivity contribution >= 4 is 11.6 Å². The SMILES string of the molecule is CC[C@H](Oc1ccccc1)C(=O)Nc1cccc(C#N)c1. The molecule has 0 radical (unpaired) electrons. The van der Waals surface area contributed by atoms with Gasteiger partial charge in [-0.1, -0.05) is 31.2 Å². The van der Waals surface area contributed by atoms with Crippen molar-refractivity contribution in [3.05, 3.63) is 60.2 Å². The largest absolute Gasteiger partial charge is 0.481 e. The molecule has 1 amide bonds. The van der Waals surface area contributed by atoms with Gasteiger partial charge in [0.05, 0.1) is 11.6 Å². The summed E-state index contributed by atoms with van der Waals surface area (Å²) < 4.78 is 5.68. The molecule has 0 bridgehead atoms. The number of nitriles is 1. The van der Waals surface area contributed by atoms with Gasteiger partial charge < -0.3 is 10.1 Å². The van der Waals surface area contributed by atoms with Gasteiger partial charge in [-0.25, -0.2) is 0 Å². The fourth-order valence-corrected chi connectivity index (χ4v) is 1.87. The molecule has 0 saturated heterocycles. The predicted octanol–water partition coefficient (Wildman–Crippen LogP) is 3.35. The molecular weight excluding hydrogens is 264 g/mol. The van der Waals surface area contributed by atoms with E-state index in [1.54, 1.807) is 24.3 Å². The van der Waals surface area contributed by atoms with E-state index in [0.29, 0.717) is 23.4 Å². The molecule has 2 aromatic rings. The molecule has 1 atom stereocenters. The van der Waals surface area contributed by atoms with E-state index in [2.05, 4.69) is 5.32 Å². The van der Waals surface area contributed by atoms with E-state index in [1.165, 1.54) is 0 Å². The normalized spacial score (nSPS) is 11.2. The molecule has 0 heterocycles. The van der Waals surface area contributed by atoms with Crippen LogP contribution in [0.1, 0.15) is 18.9 Å². The van der Waals surface area contributed by atoms with Crippen LogP contribution in [0, 0.1) is 11.3 Å². The van der Waals surface area contributed by atoms with Crippen molar-refractivity contribution < 1.29 is 9.53 Å². The minimum atomic E-state index is -0.571. The minimum Gasteiger partial charge on any atom is -0.481 e. The molecule has 0 spiro atoms. The number of anilines is 1. The van der Waals surface area contributed by atoms with Crippen molar-refractivity contribution in [1.82, 2.24) is 0 Å². The van der Waals surface area contributed by atoms with Gasteiger partial charge in [-0.05, 0) is 36.8 Å². The number of ether oxygens (including phenoxy) is 1. The average molecular weight is 280 g/mol. The van der Waals surface area contributed by atoms with Gasteiger partial charge in [0.2, 0.25) is 0 Å². The first-order chi connectivity index (χ1) is 10.2. The smallest absolute Gasteiger partial charge is 0.265 e. The van der Waals surface area contributed by atoms with Crippen molar-refractivity contribution in [2.45, 2.75) is 19.4 Å². The molecule has 2 rings (SSSR count). The number of amides is 1. The molecule has 4 nitrogen and oxygen atoms in total. The third-order valence-corrected chi connectivity index (χ3v) is 2.94. The standard InChI is InChI=1S/C17H16N2O2/c1-2-16(21-15-9-4-3-5-10-15)17(20)19-14-8-6-7-13(11-14)12-18/h3-11,16H,2H2,1H3,(H,19,20)/t16-/m0/s1. The first-order valence-corrected chi connectivity index (χ1v) is 6.75. The van der Waals surface area contributed by atoms with Crippen LogP contribution in [0.2, 0.25) is 0 Å². The second-order valence-electron chi connectivity index (χ2n) is 4.51. The van der Waals surface area contributed by atoms with Crippen LogP contribution >= 0.6 is 0 Å². The number of carbonyl (C=O) groups is 1. The molecule has 0 unspecified atom stereocenters. The molecule has 0 aliphatic carbocycles. The summed E-state index contributed by atoms with van der Waals surface area (Å²) in [6.45, 7) is 1.89. The molecule has 0 aliphatic heterocycles. The maximum Gasteiger partial charge on any atom is 0.265 e. The lowest BCUT2D eigenvalue weighted by Gasteiger charge is -2.17. The number of rotatable bonds is 5. The Morgan fingerprint density at radius 2 is 2.00 bits per heavy atom. The first kappa shape index (κ1) is 14.6. The maximum absolute atomic E-state index is 12.2. The van der Waals surface area contributed by atoms with Crippen LogP contribution in [0.3, 0.4) is 0 Å². The fraction of sp³-hybridized carbons (Fsp3) is 0.176. The third kappa shape index (κ3) is 4.08. The number of nitrogens with zero attached hydrogens (tertiary/aromatic N) is 1. The van der Waals surface area contributed by atoms with E-state index in [1.807, 2.05) is 43.3 Å². The lowest BCUT2D eigenvalue weighted by molar-refractivity contribution is -0.122. The number of hydrogen-bond acceptors (Lipinski definition) is 3.